The van der Waals surface area contributed by atoms with Gasteiger partial charge in [0.2, 0.25) is 0 Å². The third-order valence-electron chi connectivity index (χ3n) is 4.13. The molecule has 1 N–H and O–H groups in total. The highest BCUT2D eigenvalue weighted by Crippen LogP contribution is 2.27. The van der Waals surface area contributed by atoms with Crippen molar-refractivity contribution in [2.45, 2.75) is 27.1 Å². The van der Waals surface area contributed by atoms with Crippen molar-refractivity contribution in [2.75, 3.05) is 20.1 Å². The molecule has 1 aromatic carbocycles. The van der Waals surface area contributed by atoms with Crippen LogP contribution < -0.4 is 0 Å². The molecule has 0 aliphatic carbocycles. The fourth-order valence-corrected chi connectivity index (χ4v) is 2.92. The maximum absolute atomic E-state index is 11.0. The Labute approximate surface area is 150 Å². The van der Waals surface area contributed by atoms with Crippen LogP contribution in [0.15, 0.2) is 54.8 Å². The Kier molecular flexibility index (Phi) is 5.98. The van der Waals surface area contributed by atoms with Crippen LogP contribution in [0.1, 0.15) is 36.7 Å². The van der Waals surface area contributed by atoms with E-state index >= 15 is 0 Å². The average molecular weight is 340 g/mol. The lowest BCUT2D eigenvalue weighted by Gasteiger charge is -2.31. The van der Waals surface area contributed by atoms with Gasteiger partial charge in [0.05, 0.1) is 0 Å². The number of hydrogen-bond donors (Lipinski definition) is 1. The number of rotatable bonds is 5. The Balaban J connectivity index is 2.33. The Hall–Kier alpha value is -2.17. The van der Waals surface area contributed by atoms with E-state index in [0.717, 1.165) is 29.7 Å². The normalized spacial score (nSPS) is 21.0. The topological polar surface area (TPSA) is 43.8 Å². The van der Waals surface area contributed by atoms with Gasteiger partial charge in [-0.2, -0.15) is 0 Å². The van der Waals surface area contributed by atoms with Crippen LogP contribution in [-0.2, 0) is 0 Å². The number of aldehydes is 1. The molecule has 134 valence electrons. The molecule has 2 rings (SSSR count). The van der Waals surface area contributed by atoms with E-state index in [2.05, 4.69) is 27.4 Å². The minimum atomic E-state index is -0.607. The molecule has 1 heterocycles. The summed E-state index contributed by atoms with van der Waals surface area (Å²) in [5.41, 5.74) is 3.68. The Bertz CT molecular complexity index is 698. The molecule has 0 aromatic heterocycles. The quantitative estimate of drug-likeness (QED) is 0.658. The van der Waals surface area contributed by atoms with Crippen molar-refractivity contribution in [3.05, 3.63) is 65.9 Å². The van der Waals surface area contributed by atoms with Gasteiger partial charge in [0, 0.05) is 24.4 Å². The standard InChI is InChI=1S/C21H28N2O2/c1-6-17(18-9-7-8-16(12-18)14-24)10-11-19-13-22(5)20(25)23(19)15-21(2,3)4/h6-12,14,20,25H,1,13,15H2,2-5H3/b17-10+,19-11+. The van der Waals surface area contributed by atoms with E-state index < -0.39 is 6.35 Å². The monoisotopic (exact) mass is 340 g/mol. The van der Waals surface area contributed by atoms with Gasteiger partial charge in [0.25, 0.3) is 0 Å². The number of likely N-dealkylation sites (N-methyl/N-ethyl adjacent to an activating group) is 1. The molecule has 1 aromatic rings. The first-order valence-corrected chi connectivity index (χ1v) is 8.49. The maximum atomic E-state index is 11.0. The molecule has 1 aliphatic rings. The van der Waals surface area contributed by atoms with Crippen molar-refractivity contribution in [3.8, 4) is 0 Å². The summed E-state index contributed by atoms with van der Waals surface area (Å²) in [6.07, 6.45) is 6.04. The van der Waals surface area contributed by atoms with Crippen LogP contribution in [-0.4, -0.2) is 47.7 Å². The first kappa shape index (κ1) is 19.2. The summed E-state index contributed by atoms with van der Waals surface area (Å²) in [4.78, 5) is 14.9. The van der Waals surface area contributed by atoms with Gasteiger partial charge in [-0.05, 0) is 35.7 Å². The molecule has 4 nitrogen and oxygen atoms in total. The predicted molar refractivity (Wildman–Crippen MR) is 103 cm³/mol. The lowest BCUT2D eigenvalue weighted by Crippen LogP contribution is -2.40. The number of carbonyl (C=O) groups is 1. The molecular weight excluding hydrogens is 312 g/mol. The smallest absolute Gasteiger partial charge is 0.186 e. The summed E-state index contributed by atoms with van der Waals surface area (Å²) >= 11 is 0. The molecule has 0 spiro atoms. The van der Waals surface area contributed by atoms with E-state index in [0.29, 0.717) is 12.1 Å². The predicted octanol–water partition coefficient (Wildman–Crippen LogP) is 3.52. The number of nitrogens with zero attached hydrogens (tertiary/aromatic N) is 2. The van der Waals surface area contributed by atoms with Gasteiger partial charge in [-0.3, -0.25) is 9.69 Å². The number of benzene rings is 1. The van der Waals surface area contributed by atoms with E-state index in [1.54, 1.807) is 12.1 Å². The maximum Gasteiger partial charge on any atom is 0.186 e. The highest BCUT2D eigenvalue weighted by atomic mass is 16.3. The molecule has 0 amide bonds. The molecule has 1 unspecified atom stereocenters. The summed E-state index contributed by atoms with van der Waals surface area (Å²) in [7, 11) is 1.91. The number of aliphatic hydroxyl groups is 1. The van der Waals surface area contributed by atoms with E-state index in [4.69, 9.17) is 0 Å². The molecule has 0 bridgehead atoms. The van der Waals surface area contributed by atoms with Crippen LogP contribution in [0.3, 0.4) is 0 Å². The third-order valence-corrected chi connectivity index (χ3v) is 4.13. The molecular formula is C21H28N2O2. The lowest BCUT2D eigenvalue weighted by atomic mass is 9.96. The van der Waals surface area contributed by atoms with E-state index in [9.17, 15) is 9.90 Å². The largest absolute Gasteiger partial charge is 0.361 e. The molecule has 1 aliphatic heterocycles. The fourth-order valence-electron chi connectivity index (χ4n) is 2.92. The highest BCUT2D eigenvalue weighted by Gasteiger charge is 2.33. The van der Waals surface area contributed by atoms with Gasteiger partial charge < -0.3 is 10.0 Å². The van der Waals surface area contributed by atoms with Crippen molar-refractivity contribution in [2.24, 2.45) is 5.41 Å². The number of allylic oxidation sites excluding steroid dienone is 4. The van der Waals surface area contributed by atoms with Gasteiger partial charge in [-0.15, -0.1) is 0 Å². The van der Waals surface area contributed by atoms with E-state index in [-0.39, 0.29) is 5.41 Å². The van der Waals surface area contributed by atoms with Crippen LogP contribution in [0.2, 0.25) is 0 Å². The van der Waals surface area contributed by atoms with Gasteiger partial charge in [-0.25, -0.2) is 0 Å². The zero-order valence-electron chi connectivity index (χ0n) is 15.6. The van der Waals surface area contributed by atoms with Crippen molar-refractivity contribution in [1.29, 1.82) is 0 Å². The van der Waals surface area contributed by atoms with Gasteiger partial charge in [-0.1, -0.05) is 57.7 Å². The van der Waals surface area contributed by atoms with Crippen molar-refractivity contribution >= 4 is 11.9 Å². The SMILES string of the molecule is C=C/C(=C\C=C1/CN(C)C(O)N1CC(C)(C)C)c1cccc(C=O)c1. The van der Waals surface area contributed by atoms with Gasteiger partial charge in [0.1, 0.15) is 6.29 Å². The van der Waals surface area contributed by atoms with Crippen LogP contribution in [0.5, 0.6) is 0 Å². The van der Waals surface area contributed by atoms with Gasteiger partial charge >= 0.3 is 0 Å². The molecule has 25 heavy (non-hydrogen) atoms. The number of aliphatic hydroxyl groups excluding tert-OH is 1. The zero-order valence-corrected chi connectivity index (χ0v) is 15.6. The third kappa shape index (κ3) is 4.91. The minimum Gasteiger partial charge on any atom is -0.361 e. The first-order valence-electron chi connectivity index (χ1n) is 8.49. The molecule has 0 saturated carbocycles. The molecule has 1 saturated heterocycles. The Morgan fingerprint density at radius 1 is 1.40 bits per heavy atom. The Morgan fingerprint density at radius 3 is 2.72 bits per heavy atom. The van der Waals surface area contributed by atoms with Crippen LogP contribution in [0.4, 0.5) is 0 Å². The minimum absolute atomic E-state index is 0.0779. The van der Waals surface area contributed by atoms with Crippen LogP contribution >= 0.6 is 0 Å². The second kappa shape index (κ2) is 7.81. The van der Waals surface area contributed by atoms with Crippen LogP contribution in [0, 0.1) is 5.41 Å². The van der Waals surface area contributed by atoms with E-state index in [1.165, 1.54) is 0 Å². The van der Waals surface area contributed by atoms with Crippen molar-refractivity contribution in [3.63, 3.8) is 0 Å². The van der Waals surface area contributed by atoms with Crippen molar-refractivity contribution < 1.29 is 9.90 Å². The van der Waals surface area contributed by atoms with Crippen LogP contribution in [0.25, 0.3) is 5.57 Å². The lowest BCUT2D eigenvalue weighted by molar-refractivity contribution is -0.0503. The molecule has 1 atom stereocenters. The first-order chi connectivity index (χ1) is 11.7. The van der Waals surface area contributed by atoms with Crippen molar-refractivity contribution in [1.82, 2.24) is 9.80 Å². The number of hydrogen-bond acceptors (Lipinski definition) is 4. The highest BCUT2D eigenvalue weighted by molar-refractivity contribution is 5.81. The van der Waals surface area contributed by atoms with Gasteiger partial charge in [0.15, 0.2) is 6.35 Å². The average Bonchev–Trinajstić information content (AvgIpc) is 2.82. The second-order valence-electron chi connectivity index (χ2n) is 7.68. The fraction of sp³-hybridized carbons (Fsp3) is 0.381. The number of carbonyl (C=O) groups excluding carboxylic acids is 1. The second-order valence-corrected chi connectivity index (χ2v) is 7.68. The zero-order chi connectivity index (χ0) is 18.6. The summed E-state index contributed by atoms with van der Waals surface area (Å²) < 4.78 is 0. The molecule has 0 radical (unpaired) electrons. The summed E-state index contributed by atoms with van der Waals surface area (Å²) in [6, 6.07) is 7.45. The summed E-state index contributed by atoms with van der Waals surface area (Å²) in [5.74, 6) is 0. The summed E-state index contributed by atoms with van der Waals surface area (Å²) in [6.45, 7) is 11.8. The van der Waals surface area contributed by atoms with E-state index in [1.807, 2.05) is 47.2 Å². The molecule has 1 fully saturated rings. The summed E-state index contributed by atoms with van der Waals surface area (Å²) in [5, 5.41) is 10.4. The Morgan fingerprint density at radius 2 is 2.12 bits per heavy atom. The molecule has 4 heteroatoms.